The van der Waals surface area contributed by atoms with Crippen LogP contribution in [0.5, 0.6) is 0 Å². The third-order valence-electron chi connectivity index (χ3n) is 0.402. The van der Waals surface area contributed by atoms with Crippen LogP contribution in [-0.4, -0.2) is 13.4 Å². The molecule has 0 bridgehead atoms. The Hall–Kier alpha value is -0.790. The number of methoxy groups -OCH3 is 1. The fourth-order valence-electron chi connectivity index (χ4n) is 0.180. The van der Waals surface area contributed by atoms with E-state index in [4.69, 9.17) is 0 Å². The van der Waals surface area contributed by atoms with Crippen molar-refractivity contribution in [3.63, 3.8) is 0 Å². The van der Waals surface area contributed by atoms with Gasteiger partial charge in [-0.05, 0) is 0 Å². The number of hydrogen-bond donors (Lipinski definition) is 0. The van der Waals surface area contributed by atoms with Crippen LogP contribution in [0.2, 0.25) is 0 Å². The number of carbonyl (C=O) groups is 1. The molecular weight excluding hydrogens is 92.1 g/mol. The van der Waals surface area contributed by atoms with Crippen molar-refractivity contribution in [1.82, 2.24) is 0 Å². The topological polar surface area (TPSA) is 26.3 Å². The van der Waals surface area contributed by atoms with Crippen LogP contribution in [0.15, 0.2) is 6.26 Å². The lowest BCUT2D eigenvalue weighted by atomic mass is 10.5. The van der Waals surface area contributed by atoms with Gasteiger partial charge in [-0.1, -0.05) is 0 Å². The maximum atomic E-state index is 9.54. The summed E-state index contributed by atoms with van der Waals surface area (Å²) in [5.74, 6) is 0. The van der Waals surface area contributed by atoms with E-state index >= 15 is 0 Å². The Kier molecular flexibility index (Phi) is 4.62. The maximum Gasteiger partial charge on any atom is 0.124 e. The van der Waals surface area contributed by atoms with Crippen molar-refractivity contribution >= 4 is 6.29 Å². The number of ether oxygens (including phenoxy) is 1. The Bertz CT molecular complexity index is 66.5. The summed E-state index contributed by atoms with van der Waals surface area (Å²) in [6, 6.07) is 0. The Balaban J connectivity index is 2.92. The number of rotatable bonds is 3. The van der Waals surface area contributed by atoms with Crippen LogP contribution in [0, 0.1) is 6.08 Å². The summed E-state index contributed by atoms with van der Waals surface area (Å²) in [5, 5.41) is 0. The summed E-state index contributed by atoms with van der Waals surface area (Å²) in [7, 11) is 1.51. The SMILES string of the molecule is COC=[C]CC=O. The second-order valence-electron chi connectivity index (χ2n) is 0.928. The van der Waals surface area contributed by atoms with Gasteiger partial charge in [0.15, 0.2) is 0 Å². The number of aldehydes is 1. The molecule has 0 fully saturated rings. The quantitative estimate of drug-likeness (QED) is 0.381. The Morgan fingerprint density at radius 1 is 1.86 bits per heavy atom. The van der Waals surface area contributed by atoms with Gasteiger partial charge in [-0.15, -0.1) is 0 Å². The first-order valence-corrected chi connectivity index (χ1v) is 1.93. The molecule has 0 saturated heterocycles. The highest BCUT2D eigenvalue weighted by Gasteiger charge is 1.68. The molecule has 0 aromatic rings. The van der Waals surface area contributed by atoms with E-state index in [0.29, 0.717) is 6.42 Å². The lowest BCUT2D eigenvalue weighted by molar-refractivity contribution is -0.107. The smallest absolute Gasteiger partial charge is 0.124 e. The molecule has 39 valence electrons. The molecule has 0 heterocycles. The predicted molar refractivity (Wildman–Crippen MR) is 25.5 cm³/mol. The molecule has 0 aromatic heterocycles. The zero-order valence-electron chi connectivity index (χ0n) is 4.18. The van der Waals surface area contributed by atoms with Gasteiger partial charge in [0.25, 0.3) is 0 Å². The first kappa shape index (κ1) is 6.21. The predicted octanol–water partition coefficient (Wildman–Crippen LogP) is 0.539. The van der Waals surface area contributed by atoms with Crippen LogP contribution in [0.4, 0.5) is 0 Å². The molecule has 2 nitrogen and oxygen atoms in total. The molecular formula is C5H7O2. The van der Waals surface area contributed by atoms with Gasteiger partial charge in [0.2, 0.25) is 0 Å². The molecule has 0 atom stereocenters. The lowest BCUT2D eigenvalue weighted by Gasteiger charge is -1.79. The first-order chi connectivity index (χ1) is 3.41. The van der Waals surface area contributed by atoms with E-state index in [1.54, 1.807) is 0 Å². The van der Waals surface area contributed by atoms with Gasteiger partial charge in [-0.3, -0.25) is 0 Å². The second kappa shape index (κ2) is 5.21. The monoisotopic (exact) mass is 99.0 g/mol. The normalized spacial score (nSPS) is 9.29. The van der Waals surface area contributed by atoms with Gasteiger partial charge in [-0.25, -0.2) is 0 Å². The third kappa shape index (κ3) is 5.21. The van der Waals surface area contributed by atoms with Gasteiger partial charge in [0, 0.05) is 12.5 Å². The average molecular weight is 99.1 g/mol. The molecule has 0 aromatic carbocycles. The van der Waals surface area contributed by atoms with Crippen molar-refractivity contribution in [3.05, 3.63) is 12.3 Å². The molecule has 0 rings (SSSR count). The van der Waals surface area contributed by atoms with Crippen LogP contribution in [-0.2, 0) is 9.53 Å². The van der Waals surface area contributed by atoms with E-state index in [1.165, 1.54) is 13.4 Å². The van der Waals surface area contributed by atoms with Gasteiger partial charge in [-0.2, -0.15) is 0 Å². The van der Waals surface area contributed by atoms with Crippen molar-refractivity contribution in [2.45, 2.75) is 6.42 Å². The minimum atomic E-state index is 0.313. The molecule has 0 aliphatic rings. The minimum Gasteiger partial charge on any atom is -0.504 e. The van der Waals surface area contributed by atoms with E-state index in [2.05, 4.69) is 10.8 Å². The van der Waals surface area contributed by atoms with E-state index in [0.717, 1.165) is 6.29 Å². The Labute approximate surface area is 42.8 Å². The highest BCUT2D eigenvalue weighted by Crippen LogP contribution is 1.72. The van der Waals surface area contributed by atoms with Crippen LogP contribution in [0.25, 0.3) is 0 Å². The van der Waals surface area contributed by atoms with Gasteiger partial charge >= 0.3 is 0 Å². The van der Waals surface area contributed by atoms with Crippen LogP contribution in [0.1, 0.15) is 6.42 Å². The van der Waals surface area contributed by atoms with Gasteiger partial charge < -0.3 is 9.53 Å². The fraction of sp³-hybridized carbons (Fsp3) is 0.400. The number of carbonyl (C=O) groups excluding carboxylic acids is 1. The summed E-state index contributed by atoms with van der Waals surface area (Å²) >= 11 is 0. The molecule has 0 spiro atoms. The van der Waals surface area contributed by atoms with Crippen LogP contribution in [0.3, 0.4) is 0 Å². The summed E-state index contributed by atoms with van der Waals surface area (Å²) < 4.78 is 4.45. The highest BCUT2D eigenvalue weighted by molar-refractivity contribution is 5.50. The maximum absolute atomic E-state index is 9.54. The van der Waals surface area contributed by atoms with Crippen molar-refractivity contribution in [1.29, 1.82) is 0 Å². The van der Waals surface area contributed by atoms with E-state index in [-0.39, 0.29) is 0 Å². The van der Waals surface area contributed by atoms with E-state index in [9.17, 15) is 4.79 Å². The average Bonchev–Trinajstić information content (AvgIpc) is 1.69. The standard InChI is InChI=1S/C5H7O2/c1-7-5-3-2-4-6/h4-5H,2H2,1H3. The lowest BCUT2D eigenvalue weighted by Crippen LogP contribution is -1.68. The Morgan fingerprint density at radius 3 is 3.00 bits per heavy atom. The highest BCUT2D eigenvalue weighted by atomic mass is 16.5. The first-order valence-electron chi connectivity index (χ1n) is 1.93. The molecule has 0 unspecified atom stereocenters. The molecule has 2 heteroatoms. The second-order valence-corrected chi connectivity index (χ2v) is 0.928. The number of hydrogen-bond acceptors (Lipinski definition) is 2. The largest absolute Gasteiger partial charge is 0.504 e. The van der Waals surface area contributed by atoms with Gasteiger partial charge in [0.1, 0.15) is 6.29 Å². The molecule has 0 N–H and O–H groups in total. The zero-order chi connectivity index (χ0) is 5.54. The summed E-state index contributed by atoms with van der Waals surface area (Å²) in [6.45, 7) is 0. The van der Waals surface area contributed by atoms with E-state index in [1.807, 2.05) is 0 Å². The minimum absolute atomic E-state index is 0.313. The summed E-state index contributed by atoms with van der Waals surface area (Å²) in [5.41, 5.74) is 0. The van der Waals surface area contributed by atoms with Crippen molar-refractivity contribution in [3.8, 4) is 0 Å². The van der Waals surface area contributed by atoms with Crippen LogP contribution >= 0.6 is 0 Å². The van der Waals surface area contributed by atoms with Gasteiger partial charge in [0.05, 0.1) is 13.4 Å². The fourth-order valence-corrected chi connectivity index (χ4v) is 0.180. The molecule has 0 amide bonds. The molecule has 0 aliphatic heterocycles. The van der Waals surface area contributed by atoms with Crippen molar-refractivity contribution < 1.29 is 9.53 Å². The Morgan fingerprint density at radius 2 is 2.57 bits per heavy atom. The molecule has 0 saturated carbocycles. The zero-order valence-corrected chi connectivity index (χ0v) is 4.18. The molecule has 7 heavy (non-hydrogen) atoms. The summed E-state index contributed by atoms with van der Waals surface area (Å²) in [4.78, 5) is 9.54. The van der Waals surface area contributed by atoms with Crippen LogP contribution < -0.4 is 0 Å². The van der Waals surface area contributed by atoms with Crippen molar-refractivity contribution in [2.75, 3.05) is 7.11 Å². The third-order valence-corrected chi connectivity index (χ3v) is 0.402. The van der Waals surface area contributed by atoms with E-state index < -0.39 is 0 Å². The number of allylic oxidation sites excluding steroid dienone is 1. The van der Waals surface area contributed by atoms with Crippen molar-refractivity contribution in [2.24, 2.45) is 0 Å². The molecule has 0 aliphatic carbocycles. The molecule has 1 radical (unpaired) electrons. The summed E-state index contributed by atoms with van der Waals surface area (Å²) in [6.07, 6.45) is 5.00.